The standard InChI is InChI=1S/C6H10N3PS/c1-11-4-5-2-3-7-6(8-5)9-10/h2-3H,4,10H2,1H3,(H,7,8,9). The van der Waals surface area contributed by atoms with Gasteiger partial charge in [-0.25, -0.2) is 9.97 Å². The molecule has 1 N–H and O–H groups in total. The minimum Gasteiger partial charge on any atom is -0.339 e. The second kappa shape index (κ2) is 4.52. The van der Waals surface area contributed by atoms with Gasteiger partial charge >= 0.3 is 0 Å². The van der Waals surface area contributed by atoms with E-state index in [2.05, 4.69) is 30.7 Å². The van der Waals surface area contributed by atoms with Crippen LogP contribution in [0.4, 0.5) is 5.95 Å². The van der Waals surface area contributed by atoms with Crippen LogP contribution in [0.15, 0.2) is 12.3 Å². The fraction of sp³-hybridized carbons (Fsp3) is 0.333. The topological polar surface area (TPSA) is 37.8 Å². The Kier molecular flexibility index (Phi) is 3.60. The molecule has 11 heavy (non-hydrogen) atoms. The lowest BCUT2D eigenvalue weighted by molar-refractivity contribution is 1.10. The van der Waals surface area contributed by atoms with Gasteiger partial charge in [0.2, 0.25) is 5.95 Å². The van der Waals surface area contributed by atoms with E-state index in [4.69, 9.17) is 0 Å². The average Bonchev–Trinajstić information content (AvgIpc) is 2.06. The Bertz CT molecular complexity index is 231. The van der Waals surface area contributed by atoms with E-state index in [1.54, 1.807) is 18.0 Å². The maximum atomic E-state index is 4.22. The average molecular weight is 187 g/mol. The molecule has 1 aromatic rings. The summed E-state index contributed by atoms with van der Waals surface area (Å²) in [6.45, 7) is 0. The summed E-state index contributed by atoms with van der Waals surface area (Å²) >= 11 is 1.75. The number of rotatable bonds is 3. The van der Waals surface area contributed by atoms with E-state index in [1.807, 2.05) is 6.07 Å². The molecule has 0 aromatic carbocycles. The highest BCUT2D eigenvalue weighted by Crippen LogP contribution is 2.07. The normalized spacial score (nSPS) is 9.64. The van der Waals surface area contributed by atoms with Gasteiger partial charge in [-0.2, -0.15) is 11.8 Å². The number of thioether (sulfide) groups is 1. The zero-order valence-corrected chi connectivity index (χ0v) is 8.21. The highest BCUT2D eigenvalue weighted by Gasteiger charge is 1.94. The molecular weight excluding hydrogens is 177 g/mol. The highest BCUT2D eigenvalue weighted by atomic mass is 32.2. The van der Waals surface area contributed by atoms with E-state index < -0.39 is 0 Å². The summed E-state index contributed by atoms with van der Waals surface area (Å²) in [5.74, 6) is 1.59. The van der Waals surface area contributed by atoms with Crippen molar-refractivity contribution >= 4 is 27.1 Å². The molecule has 1 aromatic heterocycles. The molecule has 5 heteroatoms. The highest BCUT2D eigenvalue weighted by molar-refractivity contribution is 7.97. The van der Waals surface area contributed by atoms with Crippen molar-refractivity contribution in [3.63, 3.8) is 0 Å². The third kappa shape index (κ3) is 2.64. The first kappa shape index (κ1) is 8.75. The van der Waals surface area contributed by atoms with Crippen LogP contribution in [-0.4, -0.2) is 16.2 Å². The quantitative estimate of drug-likeness (QED) is 0.728. The molecule has 0 aliphatic carbocycles. The predicted octanol–water partition coefficient (Wildman–Crippen LogP) is 1.54. The minimum atomic E-state index is 0.654. The number of nitrogens with zero attached hydrogens (tertiary/aromatic N) is 2. The van der Waals surface area contributed by atoms with Gasteiger partial charge in [0, 0.05) is 11.9 Å². The Morgan fingerprint density at radius 2 is 2.55 bits per heavy atom. The molecule has 0 aliphatic rings. The summed E-state index contributed by atoms with van der Waals surface area (Å²) in [5, 5.41) is 2.81. The van der Waals surface area contributed by atoms with E-state index in [-0.39, 0.29) is 0 Å². The van der Waals surface area contributed by atoms with Gasteiger partial charge in [0.15, 0.2) is 0 Å². The van der Waals surface area contributed by atoms with Gasteiger partial charge in [0.05, 0.1) is 5.69 Å². The van der Waals surface area contributed by atoms with Gasteiger partial charge in [-0.3, -0.25) is 0 Å². The largest absolute Gasteiger partial charge is 0.339 e. The van der Waals surface area contributed by atoms with Crippen LogP contribution in [0.2, 0.25) is 0 Å². The van der Waals surface area contributed by atoms with Crippen molar-refractivity contribution in [2.45, 2.75) is 5.75 Å². The molecule has 3 nitrogen and oxygen atoms in total. The molecule has 0 spiro atoms. The number of aromatic nitrogens is 2. The lowest BCUT2D eigenvalue weighted by atomic mass is 10.5. The molecule has 0 fully saturated rings. The van der Waals surface area contributed by atoms with E-state index in [9.17, 15) is 0 Å². The molecule has 0 amide bonds. The minimum absolute atomic E-state index is 0.654. The summed E-state index contributed by atoms with van der Waals surface area (Å²) in [6.07, 6.45) is 3.81. The summed E-state index contributed by atoms with van der Waals surface area (Å²) in [4.78, 5) is 8.20. The number of anilines is 1. The van der Waals surface area contributed by atoms with Crippen molar-refractivity contribution < 1.29 is 0 Å². The smallest absolute Gasteiger partial charge is 0.225 e. The van der Waals surface area contributed by atoms with Crippen molar-refractivity contribution in [1.29, 1.82) is 0 Å². The molecule has 1 heterocycles. The molecule has 0 saturated heterocycles. The molecule has 60 valence electrons. The lowest BCUT2D eigenvalue weighted by Gasteiger charge is -1.99. The Balaban J connectivity index is 2.74. The maximum Gasteiger partial charge on any atom is 0.225 e. The summed E-state index contributed by atoms with van der Waals surface area (Å²) in [5.41, 5.74) is 1.05. The molecule has 0 saturated carbocycles. The van der Waals surface area contributed by atoms with E-state index in [1.165, 1.54) is 0 Å². The monoisotopic (exact) mass is 187 g/mol. The second-order valence-corrected chi connectivity index (χ2v) is 3.10. The maximum absolute atomic E-state index is 4.22. The van der Waals surface area contributed by atoms with Crippen LogP contribution in [0.1, 0.15) is 5.69 Å². The molecule has 1 rings (SSSR count). The lowest BCUT2D eigenvalue weighted by Crippen LogP contribution is -1.93. The first-order valence-corrected chi connectivity index (χ1v) is 5.11. The first-order chi connectivity index (χ1) is 5.36. The number of hydrogen-bond donors (Lipinski definition) is 1. The van der Waals surface area contributed by atoms with Gasteiger partial charge in [0.1, 0.15) is 0 Å². The van der Waals surface area contributed by atoms with Crippen molar-refractivity contribution in [2.24, 2.45) is 0 Å². The van der Waals surface area contributed by atoms with E-state index in [0.29, 0.717) is 5.95 Å². The van der Waals surface area contributed by atoms with Gasteiger partial charge in [-0.15, -0.1) is 0 Å². The number of hydrogen-bond acceptors (Lipinski definition) is 4. The van der Waals surface area contributed by atoms with Crippen molar-refractivity contribution in [2.75, 3.05) is 11.3 Å². The molecule has 0 aliphatic heterocycles. The molecular formula is C6H10N3PS. The molecule has 1 atom stereocenters. The Labute approximate surface area is 72.7 Å². The zero-order valence-electron chi connectivity index (χ0n) is 6.24. The molecule has 0 radical (unpaired) electrons. The summed E-state index contributed by atoms with van der Waals surface area (Å²) in [7, 11) is 2.37. The van der Waals surface area contributed by atoms with Crippen molar-refractivity contribution in [3.8, 4) is 0 Å². The van der Waals surface area contributed by atoms with Crippen LogP contribution >= 0.6 is 21.2 Å². The fourth-order valence-electron chi connectivity index (χ4n) is 0.694. The SMILES string of the molecule is CSCc1ccnc(NP)n1. The summed E-state index contributed by atoms with van der Waals surface area (Å²) in [6, 6.07) is 1.92. The zero-order chi connectivity index (χ0) is 8.10. The van der Waals surface area contributed by atoms with Crippen LogP contribution in [0, 0.1) is 0 Å². The van der Waals surface area contributed by atoms with E-state index in [0.717, 1.165) is 11.4 Å². The van der Waals surface area contributed by atoms with Crippen LogP contribution in [0.25, 0.3) is 0 Å². The van der Waals surface area contributed by atoms with Gasteiger partial charge in [-0.05, 0) is 21.7 Å². The van der Waals surface area contributed by atoms with Crippen LogP contribution in [0.3, 0.4) is 0 Å². The van der Waals surface area contributed by atoms with Gasteiger partial charge in [0.25, 0.3) is 0 Å². The third-order valence-corrected chi connectivity index (χ3v) is 1.98. The third-order valence-electron chi connectivity index (χ3n) is 1.13. The van der Waals surface area contributed by atoms with Crippen molar-refractivity contribution in [3.05, 3.63) is 18.0 Å². The summed E-state index contributed by atoms with van der Waals surface area (Å²) < 4.78 is 0. The molecule has 1 unspecified atom stereocenters. The Morgan fingerprint density at radius 1 is 1.73 bits per heavy atom. The predicted molar refractivity (Wildman–Crippen MR) is 52.6 cm³/mol. The van der Waals surface area contributed by atoms with Crippen molar-refractivity contribution in [1.82, 2.24) is 9.97 Å². The Morgan fingerprint density at radius 3 is 3.18 bits per heavy atom. The van der Waals surface area contributed by atoms with Crippen LogP contribution in [0.5, 0.6) is 0 Å². The molecule has 0 bridgehead atoms. The van der Waals surface area contributed by atoms with Crippen LogP contribution < -0.4 is 5.09 Å². The Hall–Kier alpha value is -0.340. The fourth-order valence-corrected chi connectivity index (χ4v) is 1.29. The van der Waals surface area contributed by atoms with Gasteiger partial charge < -0.3 is 5.09 Å². The van der Waals surface area contributed by atoms with E-state index >= 15 is 0 Å². The first-order valence-electron chi connectivity index (χ1n) is 3.14. The number of nitrogens with one attached hydrogen (secondary N) is 1. The van der Waals surface area contributed by atoms with Crippen LogP contribution in [-0.2, 0) is 5.75 Å². The van der Waals surface area contributed by atoms with Gasteiger partial charge in [-0.1, -0.05) is 0 Å². The second-order valence-electron chi connectivity index (χ2n) is 1.95.